The summed E-state index contributed by atoms with van der Waals surface area (Å²) in [4.78, 5) is 12.9. The first kappa shape index (κ1) is 18.6. The number of hydrogen-bond acceptors (Lipinski definition) is 8. The van der Waals surface area contributed by atoms with Gasteiger partial charge in [-0.2, -0.15) is 0 Å². The van der Waals surface area contributed by atoms with Gasteiger partial charge in [-0.1, -0.05) is 23.9 Å². The molecule has 0 aliphatic carbocycles. The van der Waals surface area contributed by atoms with E-state index in [-0.39, 0.29) is 21.8 Å². The van der Waals surface area contributed by atoms with Crippen LogP contribution in [0.3, 0.4) is 0 Å². The zero-order chi connectivity index (χ0) is 18.7. The lowest BCUT2D eigenvalue weighted by atomic mass is 10.2. The molecule has 8 nitrogen and oxygen atoms in total. The van der Waals surface area contributed by atoms with Crippen molar-refractivity contribution in [3.05, 3.63) is 41.3 Å². The number of carbonyl (C=O) groups excluding carboxylic acids is 1. The summed E-state index contributed by atoms with van der Waals surface area (Å²) >= 11 is 2.56. The topological polar surface area (TPSA) is 128 Å². The van der Waals surface area contributed by atoms with Gasteiger partial charge in [0.1, 0.15) is 0 Å². The van der Waals surface area contributed by atoms with Gasteiger partial charge in [0, 0.05) is 5.69 Å². The van der Waals surface area contributed by atoms with Crippen LogP contribution in [-0.4, -0.2) is 30.3 Å². The molecule has 136 valence electrons. The van der Waals surface area contributed by atoms with Gasteiger partial charge in [0.05, 0.1) is 15.5 Å². The Bertz CT molecular complexity index is 1030. The summed E-state index contributed by atoms with van der Waals surface area (Å²) in [5.74, 6) is 0.0966. The van der Waals surface area contributed by atoms with Crippen molar-refractivity contribution in [1.29, 1.82) is 0 Å². The normalized spacial score (nSPS) is 11.5. The summed E-state index contributed by atoms with van der Waals surface area (Å²) in [6, 6.07) is 8.25. The summed E-state index contributed by atoms with van der Waals surface area (Å²) in [6.45, 7) is 1.63. The van der Waals surface area contributed by atoms with Crippen LogP contribution < -0.4 is 10.5 Å². The number of thioether (sulfide) groups is 1. The zero-order valence-corrected chi connectivity index (χ0v) is 16.0. The summed E-state index contributed by atoms with van der Waals surface area (Å²) < 4.78 is 28.6. The van der Waals surface area contributed by atoms with Gasteiger partial charge in [-0.25, -0.2) is 13.6 Å². The van der Waals surface area contributed by atoms with Crippen molar-refractivity contribution in [2.75, 3.05) is 11.1 Å². The van der Waals surface area contributed by atoms with Crippen LogP contribution in [0.5, 0.6) is 0 Å². The fraction of sp³-hybridized carbons (Fsp3) is 0.133. The Morgan fingerprint density at radius 1 is 1.35 bits per heavy atom. The third-order valence-corrected chi connectivity index (χ3v) is 5.97. The second kappa shape index (κ2) is 7.58. The van der Waals surface area contributed by atoms with Crippen molar-refractivity contribution in [3.8, 4) is 10.8 Å². The van der Waals surface area contributed by atoms with Crippen LogP contribution in [0, 0.1) is 6.92 Å². The zero-order valence-electron chi connectivity index (χ0n) is 13.5. The van der Waals surface area contributed by atoms with Crippen molar-refractivity contribution in [2.24, 2.45) is 5.14 Å². The molecule has 11 heteroatoms. The van der Waals surface area contributed by atoms with E-state index in [1.807, 2.05) is 17.5 Å². The monoisotopic (exact) mass is 410 g/mol. The predicted octanol–water partition coefficient (Wildman–Crippen LogP) is 2.48. The molecule has 0 unspecified atom stereocenters. The van der Waals surface area contributed by atoms with Crippen molar-refractivity contribution in [2.45, 2.75) is 17.0 Å². The van der Waals surface area contributed by atoms with Crippen LogP contribution in [0.2, 0.25) is 0 Å². The molecule has 0 radical (unpaired) electrons. The Labute approximate surface area is 157 Å². The van der Waals surface area contributed by atoms with Gasteiger partial charge in [-0.05, 0) is 36.1 Å². The lowest BCUT2D eigenvalue weighted by Crippen LogP contribution is -2.17. The van der Waals surface area contributed by atoms with E-state index >= 15 is 0 Å². The number of nitrogens with two attached hydrogens (primary N) is 1. The van der Waals surface area contributed by atoms with E-state index in [0.29, 0.717) is 17.1 Å². The van der Waals surface area contributed by atoms with Crippen LogP contribution in [0.15, 0.2) is 50.2 Å². The fourth-order valence-electron chi connectivity index (χ4n) is 2.08. The Kier molecular flexibility index (Phi) is 5.41. The first-order valence-electron chi connectivity index (χ1n) is 7.26. The molecule has 0 atom stereocenters. The average Bonchev–Trinajstić information content (AvgIpc) is 3.25. The molecule has 3 rings (SSSR count). The maximum Gasteiger partial charge on any atom is 0.277 e. The van der Waals surface area contributed by atoms with E-state index < -0.39 is 10.0 Å². The highest BCUT2D eigenvalue weighted by Crippen LogP contribution is 2.26. The molecule has 3 aromatic rings. The number of anilines is 1. The first-order chi connectivity index (χ1) is 12.3. The molecular formula is C15H14N4O4S3. The lowest BCUT2D eigenvalue weighted by Gasteiger charge is -2.08. The Morgan fingerprint density at radius 2 is 2.15 bits per heavy atom. The number of primary sulfonamides is 1. The van der Waals surface area contributed by atoms with Crippen LogP contribution in [0.4, 0.5) is 5.69 Å². The van der Waals surface area contributed by atoms with Crippen LogP contribution in [-0.2, 0) is 14.8 Å². The van der Waals surface area contributed by atoms with E-state index in [2.05, 4.69) is 15.5 Å². The molecule has 1 amide bonds. The SMILES string of the molecule is Cc1ccc(NC(=O)CSc2nnc(-c3cccs3)o2)cc1S(N)(=O)=O. The molecule has 2 aromatic heterocycles. The molecule has 0 saturated carbocycles. The third kappa shape index (κ3) is 4.49. The molecule has 0 saturated heterocycles. The number of carbonyl (C=O) groups is 1. The fourth-order valence-corrected chi connectivity index (χ4v) is 4.09. The van der Waals surface area contributed by atoms with Gasteiger partial charge < -0.3 is 9.73 Å². The summed E-state index contributed by atoms with van der Waals surface area (Å²) in [5.41, 5.74) is 0.849. The average molecular weight is 411 g/mol. The summed E-state index contributed by atoms with van der Waals surface area (Å²) in [6.07, 6.45) is 0. The number of nitrogens with zero attached hydrogens (tertiary/aromatic N) is 2. The smallest absolute Gasteiger partial charge is 0.277 e. The second-order valence-corrected chi connectivity index (χ2v) is 8.62. The van der Waals surface area contributed by atoms with E-state index in [4.69, 9.17) is 9.56 Å². The lowest BCUT2D eigenvalue weighted by molar-refractivity contribution is -0.113. The van der Waals surface area contributed by atoms with Crippen molar-refractivity contribution < 1.29 is 17.6 Å². The number of rotatable bonds is 6. The molecule has 0 fully saturated rings. The molecule has 2 heterocycles. The summed E-state index contributed by atoms with van der Waals surface area (Å²) in [7, 11) is -3.85. The minimum atomic E-state index is -3.85. The molecule has 26 heavy (non-hydrogen) atoms. The number of aromatic nitrogens is 2. The number of amides is 1. The highest BCUT2D eigenvalue weighted by Gasteiger charge is 2.15. The number of aryl methyl sites for hydroxylation is 1. The number of benzene rings is 1. The van der Waals surface area contributed by atoms with Gasteiger partial charge in [0.15, 0.2) is 0 Å². The molecule has 0 aliphatic heterocycles. The van der Waals surface area contributed by atoms with E-state index in [1.165, 1.54) is 17.4 Å². The minimum Gasteiger partial charge on any atom is -0.410 e. The number of hydrogen-bond donors (Lipinski definition) is 2. The number of nitrogens with one attached hydrogen (secondary N) is 1. The van der Waals surface area contributed by atoms with Crippen molar-refractivity contribution in [3.63, 3.8) is 0 Å². The summed E-state index contributed by atoms with van der Waals surface area (Å²) in [5, 5.41) is 17.8. The molecular weight excluding hydrogens is 396 g/mol. The quantitative estimate of drug-likeness (QED) is 0.597. The van der Waals surface area contributed by atoms with Gasteiger partial charge in [0.2, 0.25) is 15.9 Å². The second-order valence-electron chi connectivity index (χ2n) is 5.21. The Morgan fingerprint density at radius 3 is 2.85 bits per heavy atom. The first-order valence-corrected chi connectivity index (χ1v) is 10.7. The molecule has 1 aromatic carbocycles. The van der Waals surface area contributed by atoms with Gasteiger partial charge in [-0.3, -0.25) is 4.79 Å². The maximum absolute atomic E-state index is 12.1. The Hall–Kier alpha value is -2.21. The molecule has 3 N–H and O–H groups in total. The van der Waals surface area contributed by atoms with E-state index in [0.717, 1.165) is 16.6 Å². The highest BCUT2D eigenvalue weighted by molar-refractivity contribution is 7.99. The van der Waals surface area contributed by atoms with E-state index in [9.17, 15) is 13.2 Å². The molecule has 0 bridgehead atoms. The van der Waals surface area contributed by atoms with Crippen LogP contribution >= 0.6 is 23.1 Å². The van der Waals surface area contributed by atoms with E-state index in [1.54, 1.807) is 19.1 Å². The number of thiophene rings is 1. The molecule has 0 spiro atoms. The standard InChI is InChI=1S/C15H14N4O4S3/c1-9-4-5-10(7-12(9)26(16,21)22)17-13(20)8-25-15-19-18-14(23-15)11-3-2-6-24-11/h2-7H,8H2,1H3,(H,17,20)(H2,16,21,22). The maximum atomic E-state index is 12.1. The van der Waals surface area contributed by atoms with Crippen LogP contribution in [0.25, 0.3) is 10.8 Å². The van der Waals surface area contributed by atoms with Gasteiger partial charge in [-0.15, -0.1) is 21.5 Å². The predicted molar refractivity (Wildman–Crippen MR) is 99.5 cm³/mol. The number of sulfonamides is 1. The van der Waals surface area contributed by atoms with Crippen molar-refractivity contribution >= 4 is 44.7 Å². The Balaban J connectivity index is 1.61. The van der Waals surface area contributed by atoms with Crippen molar-refractivity contribution in [1.82, 2.24) is 10.2 Å². The highest BCUT2D eigenvalue weighted by atomic mass is 32.2. The van der Waals surface area contributed by atoms with Gasteiger partial charge >= 0.3 is 0 Å². The van der Waals surface area contributed by atoms with Crippen LogP contribution in [0.1, 0.15) is 5.56 Å². The largest absolute Gasteiger partial charge is 0.410 e. The third-order valence-electron chi connectivity index (χ3n) is 3.24. The minimum absolute atomic E-state index is 0.0274. The molecule has 0 aliphatic rings. The van der Waals surface area contributed by atoms with Gasteiger partial charge in [0.25, 0.3) is 11.1 Å².